The molecule has 3 N–H and O–H groups in total. The molecule has 1 saturated heterocycles. The average Bonchev–Trinajstić information content (AvgIpc) is 3.75. The van der Waals surface area contributed by atoms with Crippen molar-refractivity contribution >= 4 is 17.6 Å². The van der Waals surface area contributed by atoms with E-state index < -0.39 is 0 Å². The van der Waals surface area contributed by atoms with Crippen LogP contribution in [0.25, 0.3) is 11.1 Å². The third kappa shape index (κ3) is 4.49. The summed E-state index contributed by atoms with van der Waals surface area (Å²) in [5.74, 6) is 2.41. The molecule has 3 atom stereocenters. The van der Waals surface area contributed by atoms with E-state index in [4.69, 9.17) is 4.98 Å². The summed E-state index contributed by atoms with van der Waals surface area (Å²) in [5, 5.41) is 17.1. The lowest BCUT2D eigenvalue weighted by molar-refractivity contribution is -0.163. The number of nitrogens with one attached hydrogen (secondary N) is 2. The number of nitrogens with zero attached hydrogens (tertiary/aromatic N) is 2. The maximum Gasteiger partial charge on any atom is 0.251 e. The SMILES string of the molecule is O=C(NC1CC1)c1ccc(-c2ccc(N3CCCC(NC(=O)C45CC6CC(C4)C(O)C(C6)C5)C3)nc2)cc1. The number of aromatic nitrogens is 1. The number of hydrogen-bond donors (Lipinski definition) is 3. The van der Waals surface area contributed by atoms with E-state index in [1.807, 2.05) is 30.5 Å². The van der Waals surface area contributed by atoms with Crippen LogP contribution in [0.1, 0.15) is 68.1 Å². The van der Waals surface area contributed by atoms with E-state index in [2.05, 4.69) is 27.7 Å². The molecule has 7 heteroatoms. The Balaban J connectivity index is 0.980. The smallest absolute Gasteiger partial charge is 0.251 e. The second kappa shape index (κ2) is 9.37. The Kier molecular flexibility index (Phi) is 5.95. The Morgan fingerprint density at radius 3 is 2.32 bits per heavy atom. The number of carbonyl (C=O) groups is 2. The Hall–Kier alpha value is -2.93. The third-order valence-electron chi connectivity index (χ3n) is 9.93. The summed E-state index contributed by atoms with van der Waals surface area (Å²) in [6, 6.07) is 12.4. The van der Waals surface area contributed by atoms with Gasteiger partial charge in [0, 0.05) is 42.5 Å². The molecular formula is C31H38N4O3. The van der Waals surface area contributed by atoms with Gasteiger partial charge in [-0.2, -0.15) is 0 Å². The Bertz CT molecular complexity index is 1190. The van der Waals surface area contributed by atoms with E-state index >= 15 is 0 Å². The van der Waals surface area contributed by atoms with E-state index in [1.165, 1.54) is 0 Å². The van der Waals surface area contributed by atoms with E-state index in [-0.39, 0.29) is 29.4 Å². The predicted octanol–water partition coefficient (Wildman–Crippen LogP) is 3.91. The summed E-state index contributed by atoms with van der Waals surface area (Å²) in [6.45, 7) is 1.71. The zero-order valence-corrected chi connectivity index (χ0v) is 21.9. The second-order valence-electron chi connectivity index (χ2n) is 12.7. The summed E-state index contributed by atoms with van der Waals surface area (Å²) < 4.78 is 0. The molecule has 6 fully saturated rings. The molecule has 8 rings (SSSR count). The monoisotopic (exact) mass is 514 g/mol. The third-order valence-corrected chi connectivity index (χ3v) is 9.93. The van der Waals surface area contributed by atoms with Crippen molar-refractivity contribution in [1.29, 1.82) is 0 Å². The first-order valence-electron chi connectivity index (χ1n) is 14.6. The zero-order chi connectivity index (χ0) is 25.9. The van der Waals surface area contributed by atoms with E-state index in [0.717, 1.165) is 87.8 Å². The molecule has 4 bridgehead atoms. The summed E-state index contributed by atoms with van der Waals surface area (Å²) in [5.41, 5.74) is 2.49. The molecule has 1 aromatic heterocycles. The summed E-state index contributed by atoms with van der Waals surface area (Å²) in [4.78, 5) is 32.9. The van der Waals surface area contributed by atoms with Gasteiger partial charge >= 0.3 is 0 Å². The fourth-order valence-corrected chi connectivity index (χ4v) is 7.97. The van der Waals surface area contributed by atoms with Crippen molar-refractivity contribution in [3.05, 3.63) is 48.2 Å². The number of hydrogen-bond acceptors (Lipinski definition) is 5. The minimum absolute atomic E-state index is 0.0000469. The standard InChI is InChI=1S/C31H38N4O3/c36-28-23-12-19-13-24(28)16-31(14-19,15-23)30(38)34-26-2-1-11-35(18-26)27-10-7-22(17-32-27)20-3-5-21(6-4-20)29(37)33-25-8-9-25/h3-7,10,17,19,23-26,28,36H,1-2,8-9,11-16,18H2,(H,33,37)(H,34,38). The summed E-state index contributed by atoms with van der Waals surface area (Å²) in [6.07, 6.45) is 10.8. The van der Waals surface area contributed by atoms with Crippen molar-refractivity contribution in [3.63, 3.8) is 0 Å². The normalized spacial score (nSPS) is 33.7. The molecular weight excluding hydrogens is 476 g/mol. The van der Waals surface area contributed by atoms with E-state index in [0.29, 0.717) is 29.4 Å². The molecule has 38 heavy (non-hydrogen) atoms. The lowest BCUT2D eigenvalue weighted by Crippen LogP contribution is -2.60. The molecule has 6 aliphatic rings. The lowest BCUT2D eigenvalue weighted by Gasteiger charge is -2.58. The second-order valence-corrected chi connectivity index (χ2v) is 12.7. The first-order chi connectivity index (χ1) is 18.5. The quantitative estimate of drug-likeness (QED) is 0.543. The molecule has 200 valence electrons. The fourth-order valence-electron chi connectivity index (χ4n) is 7.97. The topological polar surface area (TPSA) is 94.6 Å². The largest absolute Gasteiger partial charge is 0.393 e. The van der Waals surface area contributed by atoms with E-state index in [9.17, 15) is 14.7 Å². The Morgan fingerprint density at radius 2 is 1.63 bits per heavy atom. The number of aliphatic hydroxyl groups excluding tert-OH is 1. The first kappa shape index (κ1) is 24.1. The van der Waals surface area contributed by atoms with Crippen molar-refractivity contribution in [2.75, 3.05) is 18.0 Å². The van der Waals surface area contributed by atoms with Gasteiger partial charge in [0.2, 0.25) is 5.91 Å². The van der Waals surface area contributed by atoms with Crippen molar-refractivity contribution in [2.45, 2.75) is 76.0 Å². The van der Waals surface area contributed by atoms with E-state index in [1.54, 1.807) is 0 Å². The minimum atomic E-state index is -0.258. The van der Waals surface area contributed by atoms with Gasteiger partial charge in [-0.15, -0.1) is 0 Å². The van der Waals surface area contributed by atoms with Gasteiger partial charge in [-0.05, 0) is 105 Å². The molecule has 1 aromatic carbocycles. The highest BCUT2D eigenvalue weighted by molar-refractivity contribution is 5.95. The van der Waals surface area contributed by atoms with Gasteiger partial charge in [0.1, 0.15) is 5.82 Å². The molecule has 0 radical (unpaired) electrons. The molecule has 2 amide bonds. The number of rotatable bonds is 6. The van der Waals surface area contributed by atoms with Crippen LogP contribution < -0.4 is 15.5 Å². The van der Waals surface area contributed by atoms with Crippen LogP contribution in [0.2, 0.25) is 0 Å². The number of pyridine rings is 1. The molecule has 1 aliphatic heterocycles. The van der Waals surface area contributed by atoms with Crippen LogP contribution in [0.15, 0.2) is 42.6 Å². The molecule has 2 aromatic rings. The van der Waals surface area contributed by atoms with Crippen LogP contribution in [0.4, 0.5) is 5.82 Å². The molecule has 0 spiro atoms. The maximum absolute atomic E-state index is 13.6. The molecule has 7 nitrogen and oxygen atoms in total. The number of anilines is 1. The van der Waals surface area contributed by atoms with Crippen LogP contribution in [-0.2, 0) is 4.79 Å². The average molecular weight is 515 g/mol. The molecule has 2 heterocycles. The van der Waals surface area contributed by atoms with Crippen LogP contribution >= 0.6 is 0 Å². The van der Waals surface area contributed by atoms with Gasteiger partial charge in [-0.1, -0.05) is 12.1 Å². The van der Waals surface area contributed by atoms with Crippen LogP contribution in [0.5, 0.6) is 0 Å². The summed E-state index contributed by atoms with van der Waals surface area (Å²) in [7, 11) is 0. The predicted molar refractivity (Wildman–Crippen MR) is 146 cm³/mol. The van der Waals surface area contributed by atoms with Gasteiger partial charge in [-0.25, -0.2) is 4.98 Å². The number of amides is 2. The maximum atomic E-state index is 13.6. The van der Waals surface area contributed by atoms with Gasteiger partial charge in [0.15, 0.2) is 0 Å². The lowest BCUT2D eigenvalue weighted by atomic mass is 9.48. The first-order valence-corrected chi connectivity index (χ1v) is 14.6. The van der Waals surface area contributed by atoms with Gasteiger partial charge in [0.05, 0.1) is 11.5 Å². The number of carbonyl (C=O) groups excluding carboxylic acids is 2. The fraction of sp³-hybridized carbons (Fsp3) is 0.581. The summed E-state index contributed by atoms with van der Waals surface area (Å²) >= 11 is 0. The number of piperidine rings is 1. The van der Waals surface area contributed by atoms with Crippen LogP contribution in [0.3, 0.4) is 0 Å². The Morgan fingerprint density at radius 1 is 0.895 bits per heavy atom. The highest BCUT2D eigenvalue weighted by Crippen LogP contribution is 2.60. The molecule has 5 aliphatic carbocycles. The van der Waals surface area contributed by atoms with Gasteiger partial charge in [0.25, 0.3) is 5.91 Å². The van der Waals surface area contributed by atoms with Crippen LogP contribution in [0, 0.1) is 23.2 Å². The highest BCUT2D eigenvalue weighted by Gasteiger charge is 2.58. The zero-order valence-electron chi connectivity index (χ0n) is 21.9. The minimum Gasteiger partial charge on any atom is -0.393 e. The van der Waals surface area contributed by atoms with Gasteiger partial charge in [-0.3, -0.25) is 9.59 Å². The van der Waals surface area contributed by atoms with Crippen molar-refractivity contribution < 1.29 is 14.7 Å². The van der Waals surface area contributed by atoms with Crippen LogP contribution in [-0.4, -0.2) is 53.2 Å². The Labute approximate surface area is 224 Å². The molecule has 3 unspecified atom stereocenters. The van der Waals surface area contributed by atoms with Crippen molar-refractivity contribution in [1.82, 2.24) is 15.6 Å². The van der Waals surface area contributed by atoms with Crippen molar-refractivity contribution in [3.8, 4) is 11.1 Å². The molecule has 5 saturated carbocycles. The highest BCUT2D eigenvalue weighted by atomic mass is 16.3. The van der Waals surface area contributed by atoms with Crippen molar-refractivity contribution in [2.24, 2.45) is 23.2 Å². The number of aliphatic hydroxyl groups is 1. The van der Waals surface area contributed by atoms with Gasteiger partial charge < -0.3 is 20.6 Å². The number of benzene rings is 1.